The van der Waals surface area contributed by atoms with Crippen molar-refractivity contribution in [2.75, 3.05) is 0 Å². The fourth-order valence-corrected chi connectivity index (χ4v) is 5.28. The minimum atomic E-state index is -0.678. The zero-order valence-corrected chi connectivity index (χ0v) is 20.0. The maximum absolute atomic E-state index is 13.7. The van der Waals surface area contributed by atoms with Crippen molar-refractivity contribution in [1.29, 1.82) is 5.41 Å². The molecule has 1 saturated carbocycles. The Labute approximate surface area is 208 Å². The maximum atomic E-state index is 13.7. The van der Waals surface area contributed by atoms with Gasteiger partial charge in [0.05, 0.1) is 11.1 Å². The molecule has 1 aromatic heterocycles. The van der Waals surface area contributed by atoms with Crippen molar-refractivity contribution in [1.82, 2.24) is 9.88 Å². The number of nitrogens with zero attached hydrogens (tertiary/aromatic N) is 1. The van der Waals surface area contributed by atoms with Crippen LogP contribution in [0.4, 0.5) is 0 Å². The first-order valence-corrected chi connectivity index (χ1v) is 12.2. The van der Waals surface area contributed by atoms with E-state index < -0.39 is 5.91 Å². The van der Waals surface area contributed by atoms with Gasteiger partial charge in [-0.3, -0.25) is 15.0 Å². The third kappa shape index (κ3) is 4.31. The van der Waals surface area contributed by atoms with Crippen molar-refractivity contribution in [2.45, 2.75) is 44.3 Å². The van der Waals surface area contributed by atoms with Crippen LogP contribution in [0.5, 0.6) is 0 Å². The molecule has 0 saturated heterocycles. The second-order valence-corrected chi connectivity index (χ2v) is 9.54. The summed E-state index contributed by atoms with van der Waals surface area (Å²) in [7, 11) is 0. The lowest BCUT2D eigenvalue weighted by molar-refractivity contribution is 0.0904. The Hall–Kier alpha value is -4.17. The average Bonchev–Trinajstić information content (AvgIpc) is 3.19. The maximum Gasteiger partial charge on any atom is 0.269 e. The smallest absolute Gasteiger partial charge is 0.269 e. The van der Waals surface area contributed by atoms with Gasteiger partial charge in [0.25, 0.3) is 11.8 Å². The summed E-state index contributed by atoms with van der Waals surface area (Å²) < 4.78 is 1.83. The molecule has 1 fully saturated rings. The molecule has 0 spiro atoms. The molecule has 1 aliphatic carbocycles. The highest BCUT2D eigenvalue weighted by Crippen LogP contribution is 2.30. The number of nitrogens with two attached hydrogens (primary N) is 3. The van der Waals surface area contributed by atoms with Gasteiger partial charge in [-0.1, -0.05) is 54.6 Å². The van der Waals surface area contributed by atoms with Crippen molar-refractivity contribution in [2.24, 2.45) is 17.2 Å². The van der Waals surface area contributed by atoms with E-state index in [9.17, 15) is 9.59 Å². The lowest BCUT2D eigenvalue weighted by Gasteiger charge is -2.27. The minimum absolute atomic E-state index is 0.0187. The highest BCUT2D eigenvalue weighted by Gasteiger charge is 2.29. The summed E-state index contributed by atoms with van der Waals surface area (Å²) in [5.41, 5.74) is 20.2. The standard InChI is InChI=1S/C28H30N6O2/c29-19-9-11-20(12-10-19)33-28(36)25-24(27(32)35)22-13-8-17(26(30)31)14-23(22)34(25)15-18-6-3-5-16-4-1-2-7-21(16)18/h1-8,13-14,19-20H,9-12,15,29H2,(H3,30,31)(H2,32,35)(H,33,36)/t19-,20-. The molecule has 3 aromatic carbocycles. The van der Waals surface area contributed by atoms with Crippen LogP contribution in [0.1, 0.15) is 57.7 Å². The number of aromatic nitrogens is 1. The first kappa shape index (κ1) is 23.6. The van der Waals surface area contributed by atoms with Crippen molar-refractivity contribution in [3.05, 3.63) is 83.0 Å². The minimum Gasteiger partial charge on any atom is -0.384 e. The Balaban J connectivity index is 1.69. The number of rotatable bonds is 6. The van der Waals surface area contributed by atoms with Gasteiger partial charge in [0.2, 0.25) is 0 Å². The summed E-state index contributed by atoms with van der Waals surface area (Å²) in [5, 5.41) is 13.7. The van der Waals surface area contributed by atoms with Crippen LogP contribution in [0.3, 0.4) is 0 Å². The van der Waals surface area contributed by atoms with E-state index in [-0.39, 0.29) is 35.1 Å². The number of hydrogen-bond acceptors (Lipinski definition) is 4. The fraction of sp³-hybridized carbons (Fsp3) is 0.250. The molecule has 0 atom stereocenters. The second-order valence-electron chi connectivity index (χ2n) is 9.54. The number of primary amides is 1. The Morgan fingerprint density at radius 3 is 2.39 bits per heavy atom. The molecule has 1 aliphatic rings. The van der Waals surface area contributed by atoms with Crippen LogP contribution < -0.4 is 22.5 Å². The summed E-state index contributed by atoms with van der Waals surface area (Å²) in [4.78, 5) is 26.5. The van der Waals surface area contributed by atoms with Crippen LogP contribution in [-0.4, -0.2) is 34.3 Å². The molecule has 5 rings (SSSR count). The van der Waals surface area contributed by atoms with E-state index in [1.165, 1.54) is 0 Å². The molecule has 4 aromatic rings. The third-order valence-corrected chi connectivity index (χ3v) is 7.15. The van der Waals surface area contributed by atoms with E-state index in [0.717, 1.165) is 42.0 Å². The van der Waals surface area contributed by atoms with Crippen LogP contribution in [0.25, 0.3) is 21.7 Å². The van der Waals surface area contributed by atoms with Crippen molar-refractivity contribution < 1.29 is 9.59 Å². The number of nitrogens with one attached hydrogen (secondary N) is 2. The summed E-state index contributed by atoms with van der Waals surface area (Å²) in [6.45, 7) is 0.338. The predicted molar refractivity (Wildman–Crippen MR) is 142 cm³/mol. The van der Waals surface area contributed by atoms with Gasteiger partial charge in [-0.15, -0.1) is 0 Å². The molecule has 8 N–H and O–H groups in total. The quantitative estimate of drug-likeness (QED) is 0.211. The molecule has 0 bridgehead atoms. The predicted octanol–water partition coefficient (Wildman–Crippen LogP) is 3.23. The van der Waals surface area contributed by atoms with E-state index >= 15 is 0 Å². The first-order chi connectivity index (χ1) is 17.3. The van der Waals surface area contributed by atoms with Crippen molar-refractivity contribution in [3.8, 4) is 0 Å². The van der Waals surface area contributed by atoms with Crippen LogP contribution >= 0.6 is 0 Å². The van der Waals surface area contributed by atoms with Gasteiger partial charge in [0.15, 0.2) is 0 Å². The van der Waals surface area contributed by atoms with E-state index in [0.29, 0.717) is 23.0 Å². The Bertz CT molecular complexity index is 1490. The van der Waals surface area contributed by atoms with E-state index in [4.69, 9.17) is 22.6 Å². The SMILES string of the molecule is N=C(N)c1ccc2c(C(N)=O)c(C(=O)N[C@H]3CC[C@H](N)CC3)n(Cc3cccc4ccccc34)c2c1. The molecule has 184 valence electrons. The van der Waals surface area contributed by atoms with Gasteiger partial charge in [-0.05, 0) is 48.1 Å². The van der Waals surface area contributed by atoms with Crippen molar-refractivity contribution >= 4 is 39.3 Å². The molecule has 0 radical (unpaired) electrons. The zero-order valence-electron chi connectivity index (χ0n) is 20.0. The number of amidine groups is 1. The highest BCUT2D eigenvalue weighted by atomic mass is 16.2. The molecule has 8 heteroatoms. The van der Waals surface area contributed by atoms with Gasteiger partial charge < -0.3 is 27.1 Å². The molecular formula is C28H30N6O2. The third-order valence-electron chi connectivity index (χ3n) is 7.15. The summed E-state index contributed by atoms with van der Waals surface area (Å²) in [6, 6.07) is 19.3. The van der Waals surface area contributed by atoms with E-state index in [1.54, 1.807) is 18.2 Å². The second kappa shape index (κ2) is 9.47. The van der Waals surface area contributed by atoms with Gasteiger partial charge in [0, 0.05) is 29.6 Å². The van der Waals surface area contributed by atoms with Crippen LogP contribution in [0.2, 0.25) is 0 Å². The molecule has 8 nitrogen and oxygen atoms in total. The Morgan fingerprint density at radius 2 is 1.67 bits per heavy atom. The van der Waals surface area contributed by atoms with Gasteiger partial charge in [-0.25, -0.2) is 0 Å². The number of nitrogen functional groups attached to an aromatic ring is 1. The van der Waals surface area contributed by atoms with E-state index in [2.05, 4.69) is 5.32 Å². The van der Waals surface area contributed by atoms with Gasteiger partial charge >= 0.3 is 0 Å². The van der Waals surface area contributed by atoms with Crippen LogP contribution in [0.15, 0.2) is 60.7 Å². The molecule has 0 unspecified atom stereocenters. The first-order valence-electron chi connectivity index (χ1n) is 12.2. The van der Waals surface area contributed by atoms with Crippen molar-refractivity contribution in [3.63, 3.8) is 0 Å². The number of benzene rings is 3. The average molecular weight is 483 g/mol. The van der Waals surface area contributed by atoms with Gasteiger partial charge in [0.1, 0.15) is 11.5 Å². The molecule has 2 amide bonds. The number of carbonyl (C=O) groups is 2. The monoisotopic (exact) mass is 482 g/mol. The Kier molecular flexibility index (Phi) is 6.20. The molecule has 1 heterocycles. The normalized spacial score (nSPS) is 17.8. The lowest BCUT2D eigenvalue weighted by atomic mass is 9.91. The number of carbonyl (C=O) groups excluding carboxylic acids is 2. The summed E-state index contributed by atoms with van der Waals surface area (Å²) >= 11 is 0. The fourth-order valence-electron chi connectivity index (χ4n) is 5.28. The highest BCUT2D eigenvalue weighted by molar-refractivity contribution is 6.16. The number of amides is 2. The van der Waals surface area contributed by atoms with Crippen LogP contribution in [0, 0.1) is 5.41 Å². The largest absolute Gasteiger partial charge is 0.384 e. The molecule has 0 aliphatic heterocycles. The Morgan fingerprint density at radius 1 is 0.944 bits per heavy atom. The zero-order chi connectivity index (χ0) is 25.4. The van der Waals surface area contributed by atoms with E-state index in [1.807, 2.05) is 47.0 Å². The number of hydrogen-bond donors (Lipinski definition) is 5. The van der Waals surface area contributed by atoms with Crippen LogP contribution in [-0.2, 0) is 6.54 Å². The molecular weight excluding hydrogens is 452 g/mol. The van der Waals surface area contributed by atoms with Gasteiger partial charge in [-0.2, -0.15) is 0 Å². The topological polar surface area (TPSA) is 153 Å². The summed E-state index contributed by atoms with van der Waals surface area (Å²) in [6.07, 6.45) is 3.26. The molecule has 36 heavy (non-hydrogen) atoms. The summed E-state index contributed by atoms with van der Waals surface area (Å²) in [5.74, 6) is -1.12. The lowest BCUT2D eigenvalue weighted by Crippen LogP contribution is -2.41. The number of fused-ring (bicyclic) bond motifs is 2.